The normalized spacial score (nSPS) is 21.8. The van der Waals surface area contributed by atoms with Crippen molar-refractivity contribution >= 4 is 10.0 Å². The van der Waals surface area contributed by atoms with Crippen LogP contribution in [0.2, 0.25) is 0 Å². The van der Waals surface area contributed by atoms with Crippen LogP contribution in [0.15, 0.2) is 29.2 Å². The molecule has 0 spiro atoms. The van der Waals surface area contributed by atoms with Gasteiger partial charge in [-0.25, -0.2) is 8.42 Å². The van der Waals surface area contributed by atoms with E-state index in [4.69, 9.17) is 5.11 Å². The number of hydrogen-bond acceptors (Lipinski definition) is 4. The number of rotatable bonds is 3. The Morgan fingerprint density at radius 1 is 1.41 bits per heavy atom. The second-order valence-corrected chi connectivity index (χ2v) is 5.98. The standard InChI is InChI=1S/C11H15NO4S/c13-8-9-3-2-6-12(9)17(15,16)11-5-1-4-10(14)7-11/h1,4-5,7,9,13-14H,2-3,6,8H2. The van der Waals surface area contributed by atoms with Crippen molar-refractivity contribution in [2.24, 2.45) is 0 Å². The van der Waals surface area contributed by atoms with E-state index in [1.165, 1.54) is 28.6 Å². The van der Waals surface area contributed by atoms with E-state index < -0.39 is 10.0 Å². The lowest BCUT2D eigenvalue weighted by molar-refractivity contribution is 0.213. The van der Waals surface area contributed by atoms with Gasteiger partial charge in [0, 0.05) is 12.6 Å². The minimum atomic E-state index is -3.61. The van der Waals surface area contributed by atoms with E-state index in [9.17, 15) is 13.5 Å². The molecule has 1 heterocycles. The maximum Gasteiger partial charge on any atom is 0.243 e. The van der Waals surface area contributed by atoms with Gasteiger partial charge in [-0.15, -0.1) is 0 Å². The molecule has 0 amide bonds. The maximum atomic E-state index is 12.3. The first-order chi connectivity index (χ1) is 8.05. The molecule has 5 nitrogen and oxygen atoms in total. The number of aliphatic hydroxyl groups excluding tert-OH is 1. The van der Waals surface area contributed by atoms with Crippen LogP contribution in [0, 0.1) is 0 Å². The molecule has 0 saturated carbocycles. The molecule has 1 unspecified atom stereocenters. The van der Waals surface area contributed by atoms with Gasteiger partial charge >= 0.3 is 0 Å². The molecule has 1 fully saturated rings. The molecule has 1 aliphatic heterocycles. The highest BCUT2D eigenvalue weighted by molar-refractivity contribution is 7.89. The van der Waals surface area contributed by atoms with Gasteiger partial charge in [-0.1, -0.05) is 6.07 Å². The van der Waals surface area contributed by atoms with Crippen LogP contribution in [0.3, 0.4) is 0 Å². The van der Waals surface area contributed by atoms with Crippen LogP contribution < -0.4 is 0 Å². The van der Waals surface area contributed by atoms with Gasteiger partial charge in [0.2, 0.25) is 10.0 Å². The fourth-order valence-electron chi connectivity index (χ4n) is 2.09. The molecule has 2 N–H and O–H groups in total. The number of sulfonamides is 1. The van der Waals surface area contributed by atoms with Crippen molar-refractivity contribution in [1.82, 2.24) is 4.31 Å². The number of phenols is 1. The van der Waals surface area contributed by atoms with E-state index in [2.05, 4.69) is 0 Å². The number of benzene rings is 1. The van der Waals surface area contributed by atoms with Gasteiger partial charge in [0.25, 0.3) is 0 Å². The molecule has 17 heavy (non-hydrogen) atoms. The van der Waals surface area contributed by atoms with E-state index in [1.54, 1.807) is 0 Å². The molecule has 0 aromatic heterocycles. The van der Waals surface area contributed by atoms with Crippen molar-refractivity contribution in [2.45, 2.75) is 23.8 Å². The van der Waals surface area contributed by atoms with Crippen molar-refractivity contribution in [3.8, 4) is 5.75 Å². The molecule has 1 aromatic carbocycles. The van der Waals surface area contributed by atoms with Crippen LogP contribution in [0.5, 0.6) is 5.75 Å². The van der Waals surface area contributed by atoms with Crippen LogP contribution in [0.4, 0.5) is 0 Å². The summed E-state index contributed by atoms with van der Waals surface area (Å²) in [5.74, 6) is -0.0779. The van der Waals surface area contributed by atoms with E-state index >= 15 is 0 Å². The van der Waals surface area contributed by atoms with Crippen LogP contribution in [0.1, 0.15) is 12.8 Å². The Labute approximate surface area is 100 Å². The highest BCUT2D eigenvalue weighted by atomic mass is 32.2. The lowest BCUT2D eigenvalue weighted by Crippen LogP contribution is -2.37. The Kier molecular flexibility index (Phi) is 3.37. The number of phenolic OH excluding ortho intramolecular Hbond substituents is 1. The Bertz CT molecular complexity index is 500. The molecule has 1 aromatic rings. The highest BCUT2D eigenvalue weighted by Crippen LogP contribution is 2.27. The fraction of sp³-hybridized carbons (Fsp3) is 0.455. The second-order valence-electron chi connectivity index (χ2n) is 4.09. The lowest BCUT2D eigenvalue weighted by atomic mass is 10.2. The second kappa shape index (κ2) is 4.64. The number of hydrogen-bond donors (Lipinski definition) is 2. The Balaban J connectivity index is 2.36. The lowest BCUT2D eigenvalue weighted by Gasteiger charge is -2.22. The molecule has 1 aliphatic rings. The quantitative estimate of drug-likeness (QED) is 0.828. The largest absolute Gasteiger partial charge is 0.508 e. The van der Waals surface area contributed by atoms with Crippen LogP contribution in [-0.2, 0) is 10.0 Å². The van der Waals surface area contributed by atoms with E-state index in [-0.39, 0.29) is 23.3 Å². The predicted octanol–water partition coefficient (Wildman–Crippen LogP) is 0.538. The average molecular weight is 257 g/mol. The van der Waals surface area contributed by atoms with Crippen molar-refractivity contribution < 1.29 is 18.6 Å². The molecule has 0 aliphatic carbocycles. The zero-order chi connectivity index (χ0) is 12.5. The first-order valence-corrected chi connectivity index (χ1v) is 6.91. The van der Waals surface area contributed by atoms with Crippen molar-refractivity contribution in [1.29, 1.82) is 0 Å². The smallest absolute Gasteiger partial charge is 0.243 e. The SMILES string of the molecule is O=S(=O)(c1cccc(O)c1)N1CCCC1CO. The molecule has 0 bridgehead atoms. The molecule has 0 radical (unpaired) electrons. The third-order valence-corrected chi connectivity index (χ3v) is 4.91. The van der Waals surface area contributed by atoms with Gasteiger partial charge in [0.15, 0.2) is 0 Å². The topological polar surface area (TPSA) is 77.8 Å². The first-order valence-electron chi connectivity index (χ1n) is 5.47. The van der Waals surface area contributed by atoms with Gasteiger partial charge in [0.1, 0.15) is 5.75 Å². The highest BCUT2D eigenvalue weighted by Gasteiger charge is 2.34. The molecule has 2 rings (SSSR count). The zero-order valence-electron chi connectivity index (χ0n) is 9.28. The maximum absolute atomic E-state index is 12.3. The van der Waals surface area contributed by atoms with Crippen molar-refractivity contribution in [2.75, 3.05) is 13.2 Å². The van der Waals surface area contributed by atoms with Gasteiger partial charge in [-0.3, -0.25) is 0 Å². The number of nitrogens with zero attached hydrogens (tertiary/aromatic N) is 1. The monoisotopic (exact) mass is 257 g/mol. The summed E-state index contributed by atoms with van der Waals surface area (Å²) >= 11 is 0. The molecule has 6 heteroatoms. The molecule has 94 valence electrons. The first kappa shape index (κ1) is 12.3. The number of aliphatic hydroxyl groups is 1. The third kappa shape index (κ3) is 2.29. The third-order valence-electron chi connectivity index (χ3n) is 2.96. The number of aromatic hydroxyl groups is 1. The Hall–Kier alpha value is -1.11. The van der Waals surface area contributed by atoms with Crippen LogP contribution in [-0.4, -0.2) is 42.1 Å². The zero-order valence-corrected chi connectivity index (χ0v) is 10.1. The average Bonchev–Trinajstić information content (AvgIpc) is 2.77. The van der Waals surface area contributed by atoms with E-state index in [1.807, 2.05) is 0 Å². The molecule has 1 saturated heterocycles. The van der Waals surface area contributed by atoms with Gasteiger partial charge in [-0.05, 0) is 31.0 Å². The molecular formula is C11H15NO4S. The summed E-state index contributed by atoms with van der Waals surface area (Å²) in [4.78, 5) is 0.0675. The van der Waals surface area contributed by atoms with E-state index in [0.717, 1.165) is 6.42 Å². The van der Waals surface area contributed by atoms with Crippen molar-refractivity contribution in [3.05, 3.63) is 24.3 Å². The minimum absolute atomic E-state index is 0.0675. The fourth-order valence-corrected chi connectivity index (χ4v) is 3.81. The summed E-state index contributed by atoms with van der Waals surface area (Å²) in [6.07, 6.45) is 1.43. The van der Waals surface area contributed by atoms with Gasteiger partial charge in [0.05, 0.1) is 11.5 Å². The molecule has 1 atom stereocenters. The van der Waals surface area contributed by atoms with Gasteiger partial charge < -0.3 is 10.2 Å². The molecular weight excluding hydrogens is 242 g/mol. The predicted molar refractivity (Wildman–Crippen MR) is 62.1 cm³/mol. The van der Waals surface area contributed by atoms with E-state index in [0.29, 0.717) is 13.0 Å². The summed E-state index contributed by atoms with van der Waals surface area (Å²) in [6, 6.07) is 5.24. The van der Waals surface area contributed by atoms with Crippen molar-refractivity contribution in [3.63, 3.8) is 0 Å². The van der Waals surface area contributed by atoms with Crippen LogP contribution >= 0.6 is 0 Å². The summed E-state index contributed by atoms with van der Waals surface area (Å²) in [6.45, 7) is 0.251. The van der Waals surface area contributed by atoms with Gasteiger partial charge in [-0.2, -0.15) is 4.31 Å². The summed E-state index contributed by atoms with van der Waals surface area (Å²) in [5, 5.41) is 18.5. The summed E-state index contributed by atoms with van der Waals surface area (Å²) < 4.78 is 25.8. The minimum Gasteiger partial charge on any atom is -0.508 e. The summed E-state index contributed by atoms with van der Waals surface area (Å²) in [7, 11) is -3.61. The van der Waals surface area contributed by atoms with Crippen LogP contribution in [0.25, 0.3) is 0 Å². The Morgan fingerprint density at radius 2 is 2.18 bits per heavy atom. The summed E-state index contributed by atoms with van der Waals surface area (Å²) in [5.41, 5.74) is 0. The Morgan fingerprint density at radius 3 is 2.82 bits per heavy atom.